The average molecular weight is 669 g/mol. The van der Waals surface area contributed by atoms with E-state index >= 15 is 0 Å². The van der Waals surface area contributed by atoms with Gasteiger partial charge in [0.15, 0.2) is 5.82 Å². The van der Waals surface area contributed by atoms with Gasteiger partial charge in [0.25, 0.3) is 0 Å². The summed E-state index contributed by atoms with van der Waals surface area (Å²) in [5.74, 6) is 0.705. The van der Waals surface area contributed by atoms with Crippen molar-refractivity contribution in [3.8, 4) is 77.0 Å². The summed E-state index contributed by atoms with van der Waals surface area (Å²) in [6, 6.07) is 61.7. The van der Waals surface area contributed by atoms with Crippen molar-refractivity contribution in [2.75, 3.05) is 0 Å². The SMILES string of the molecule is c1cccc(-c2cccc(-c3cc(-c4ccccc4)nc(-c4ccccc4)n3)c2-c2sc(-c3ccccc3-c3ccccc3)c3c2CCC=C3)c#1. The normalized spacial score (nSPS) is 11.9. The minimum Gasteiger partial charge on any atom is -0.228 e. The highest BCUT2D eigenvalue weighted by Gasteiger charge is 2.26. The van der Waals surface area contributed by atoms with E-state index in [1.54, 1.807) is 0 Å². The van der Waals surface area contributed by atoms with E-state index < -0.39 is 0 Å². The molecule has 0 radical (unpaired) electrons. The van der Waals surface area contributed by atoms with Crippen molar-refractivity contribution in [3.63, 3.8) is 0 Å². The third kappa shape index (κ3) is 5.87. The second-order valence-electron chi connectivity index (χ2n) is 12.6. The monoisotopic (exact) mass is 668 g/mol. The Balaban J connectivity index is 1.33. The van der Waals surface area contributed by atoms with Gasteiger partial charge in [-0.3, -0.25) is 0 Å². The summed E-state index contributed by atoms with van der Waals surface area (Å²) in [6.07, 6.45) is 6.64. The first-order valence-corrected chi connectivity index (χ1v) is 18.1. The van der Waals surface area contributed by atoms with Gasteiger partial charge >= 0.3 is 0 Å². The molecule has 0 amide bonds. The van der Waals surface area contributed by atoms with Gasteiger partial charge in [-0.2, -0.15) is 0 Å². The van der Waals surface area contributed by atoms with E-state index in [-0.39, 0.29) is 0 Å². The van der Waals surface area contributed by atoms with Gasteiger partial charge in [0.05, 0.1) is 11.4 Å². The molecule has 0 saturated carbocycles. The molecule has 0 atom stereocenters. The second kappa shape index (κ2) is 13.5. The summed E-state index contributed by atoms with van der Waals surface area (Å²) in [6.45, 7) is 0. The highest BCUT2D eigenvalue weighted by atomic mass is 32.1. The molecular formula is C48H32N2S. The predicted octanol–water partition coefficient (Wildman–Crippen LogP) is 12.8. The van der Waals surface area contributed by atoms with E-state index in [1.807, 2.05) is 47.7 Å². The third-order valence-electron chi connectivity index (χ3n) is 9.48. The van der Waals surface area contributed by atoms with Crippen LogP contribution in [0, 0.1) is 12.1 Å². The summed E-state index contributed by atoms with van der Waals surface area (Å²) in [5, 5.41) is 0. The zero-order valence-electron chi connectivity index (χ0n) is 27.9. The third-order valence-corrected chi connectivity index (χ3v) is 10.8. The minimum absolute atomic E-state index is 0.705. The maximum absolute atomic E-state index is 5.31. The number of allylic oxidation sites excluding steroid dienone is 1. The van der Waals surface area contributed by atoms with E-state index in [1.165, 1.54) is 43.1 Å². The number of thiophene rings is 1. The van der Waals surface area contributed by atoms with Crippen molar-refractivity contribution in [3.05, 3.63) is 187 Å². The molecule has 0 saturated heterocycles. The van der Waals surface area contributed by atoms with Crippen molar-refractivity contribution in [1.29, 1.82) is 0 Å². The van der Waals surface area contributed by atoms with Crippen LogP contribution >= 0.6 is 11.3 Å². The Morgan fingerprint density at radius 2 is 1.18 bits per heavy atom. The van der Waals surface area contributed by atoms with Gasteiger partial charge in [0, 0.05) is 43.1 Å². The molecule has 1 aliphatic carbocycles. The molecule has 0 spiro atoms. The summed E-state index contributed by atoms with van der Waals surface area (Å²) in [4.78, 5) is 13.0. The zero-order chi connectivity index (χ0) is 34.0. The van der Waals surface area contributed by atoms with Gasteiger partial charge in [0.2, 0.25) is 0 Å². The van der Waals surface area contributed by atoms with Gasteiger partial charge < -0.3 is 0 Å². The van der Waals surface area contributed by atoms with Crippen LogP contribution in [0.2, 0.25) is 0 Å². The van der Waals surface area contributed by atoms with Crippen molar-refractivity contribution < 1.29 is 0 Å². The number of benzene rings is 5. The summed E-state index contributed by atoms with van der Waals surface area (Å²) in [7, 11) is 0. The lowest BCUT2D eigenvalue weighted by molar-refractivity contribution is 0.996. The van der Waals surface area contributed by atoms with Crippen molar-refractivity contribution in [1.82, 2.24) is 9.97 Å². The molecule has 6 aromatic carbocycles. The number of nitrogens with zero attached hydrogens (tertiary/aromatic N) is 2. The molecule has 0 aliphatic heterocycles. The fourth-order valence-electron chi connectivity index (χ4n) is 7.09. The molecule has 9 rings (SSSR count). The van der Waals surface area contributed by atoms with E-state index in [2.05, 4.69) is 146 Å². The molecule has 3 heteroatoms. The van der Waals surface area contributed by atoms with Crippen LogP contribution in [0.25, 0.3) is 83.1 Å². The highest BCUT2D eigenvalue weighted by molar-refractivity contribution is 7.19. The molecule has 0 bridgehead atoms. The first kappa shape index (κ1) is 30.7. The van der Waals surface area contributed by atoms with Crippen LogP contribution in [0.5, 0.6) is 0 Å². The fraction of sp³-hybridized carbons (Fsp3) is 0.0417. The van der Waals surface area contributed by atoms with Crippen LogP contribution < -0.4 is 0 Å². The van der Waals surface area contributed by atoms with Crippen LogP contribution in [0.1, 0.15) is 17.5 Å². The highest BCUT2D eigenvalue weighted by Crippen LogP contribution is 2.51. The Labute approximate surface area is 303 Å². The van der Waals surface area contributed by atoms with Crippen molar-refractivity contribution >= 4 is 17.4 Å². The molecule has 2 nitrogen and oxygen atoms in total. The Morgan fingerprint density at radius 3 is 1.92 bits per heavy atom. The van der Waals surface area contributed by atoms with E-state index in [0.29, 0.717) is 5.82 Å². The van der Waals surface area contributed by atoms with E-state index in [0.717, 1.165) is 52.0 Å². The standard InChI is InChI=1S/C48H32N2S/c1-5-18-33(19-6-1)37-26-13-14-27-39(37)46-40-28-15-16-29-41(40)47(51-46)45-38(34-20-7-2-8-21-34)30-17-31-42(45)44-32-43(35-22-9-3-10-23-35)49-48(50-44)36-24-11-4-12-25-36/h1-7,9-15,17-20,22-28,30-32H,16,29H2. The van der Waals surface area contributed by atoms with E-state index in [9.17, 15) is 0 Å². The molecule has 51 heavy (non-hydrogen) atoms. The van der Waals surface area contributed by atoms with Crippen molar-refractivity contribution in [2.24, 2.45) is 0 Å². The smallest absolute Gasteiger partial charge is 0.160 e. The first-order chi connectivity index (χ1) is 25.3. The molecule has 0 unspecified atom stereocenters. The van der Waals surface area contributed by atoms with Crippen molar-refractivity contribution in [2.45, 2.75) is 12.8 Å². The van der Waals surface area contributed by atoms with Gasteiger partial charge in [-0.25, -0.2) is 9.97 Å². The number of aromatic nitrogens is 2. The summed E-state index contributed by atoms with van der Waals surface area (Å²) in [5.41, 5.74) is 14.6. The summed E-state index contributed by atoms with van der Waals surface area (Å²) < 4.78 is 0. The maximum atomic E-state index is 5.31. The predicted molar refractivity (Wildman–Crippen MR) is 213 cm³/mol. The molecule has 2 aromatic heterocycles. The molecule has 2 heterocycles. The Morgan fingerprint density at radius 1 is 0.529 bits per heavy atom. The van der Waals surface area contributed by atoms with Crippen LogP contribution in [0.15, 0.2) is 164 Å². The molecule has 0 fully saturated rings. The molecule has 240 valence electrons. The molecule has 0 N–H and O–H groups in total. The van der Waals surface area contributed by atoms with Gasteiger partial charge in [0.1, 0.15) is 0 Å². The zero-order valence-corrected chi connectivity index (χ0v) is 28.7. The Bertz CT molecular complexity index is 2440. The quantitative estimate of drug-likeness (QED) is 0.169. The second-order valence-corrected chi connectivity index (χ2v) is 13.7. The lowest BCUT2D eigenvalue weighted by Gasteiger charge is -2.17. The number of hydrogen-bond donors (Lipinski definition) is 0. The first-order valence-electron chi connectivity index (χ1n) is 17.3. The number of rotatable bonds is 7. The van der Waals surface area contributed by atoms with E-state index in [4.69, 9.17) is 9.97 Å². The number of fused-ring (bicyclic) bond motifs is 1. The maximum Gasteiger partial charge on any atom is 0.160 e. The van der Waals surface area contributed by atoms with Crippen LogP contribution in [-0.2, 0) is 6.42 Å². The Hall–Kier alpha value is -6.34. The fourth-order valence-corrected chi connectivity index (χ4v) is 8.54. The van der Waals surface area contributed by atoms with Crippen LogP contribution in [0.4, 0.5) is 0 Å². The molecular weight excluding hydrogens is 637 g/mol. The largest absolute Gasteiger partial charge is 0.228 e. The molecule has 8 aromatic rings. The summed E-state index contributed by atoms with van der Waals surface area (Å²) >= 11 is 1.89. The number of hydrogen-bond acceptors (Lipinski definition) is 3. The minimum atomic E-state index is 0.705. The lowest BCUT2D eigenvalue weighted by atomic mass is 9.87. The van der Waals surface area contributed by atoms with Crippen LogP contribution in [0.3, 0.4) is 0 Å². The Kier molecular flexibility index (Phi) is 8.14. The topological polar surface area (TPSA) is 25.8 Å². The van der Waals surface area contributed by atoms with Gasteiger partial charge in [-0.15, -0.1) is 11.3 Å². The lowest BCUT2D eigenvalue weighted by Crippen LogP contribution is -1.99. The van der Waals surface area contributed by atoms with Crippen LogP contribution in [-0.4, -0.2) is 9.97 Å². The average Bonchev–Trinajstić information content (AvgIpc) is 3.61. The van der Waals surface area contributed by atoms with Gasteiger partial charge in [-0.1, -0.05) is 164 Å². The van der Waals surface area contributed by atoms with Gasteiger partial charge in [-0.05, 0) is 58.9 Å². The molecule has 1 aliphatic rings.